The van der Waals surface area contributed by atoms with Crippen molar-refractivity contribution < 1.29 is 9.90 Å². The van der Waals surface area contributed by atoms with Crippen LogP contribution in [0.15, 0.2) is 54.7 Å². The molecule has 1 aromatic heterocycles. The Morgan fingerprint density at radius 2 is 1.94 bits per heavy atom. The lowest BCUT2D eigenvalue weighted by molar-refractivity contribution is -0.111. The van der Waals surface area contributed by atoms with Crippen LogP contribution in [0.1, 0.15) is 5.56 Å². The Balaban J connectivity index is 1.97. The van der Waals surface area contributed by atoms with Crippen LogP contribution in [-0.4, -0.2) is 16.0 Å². The molecule has 90 valence electrons. The summed E-state index contributed by atoms with van der Waals surface area (Å²) < 4.78 is 0. The summed E-state index contributed by atoms with van der Waals surface area (Å²) in [5.74, 6) is 0.463. The molecule has 2 N–H and O–H groups in total. The number of carbonyl (C=O) groups excluding carboxylic acids is 1. The summed E-state index contributed by atoms with van der Waals surface area (Å²) in [6, 6.07) is 11.9. The molecule has 1 aromatic carbocycles. The number of nitrogens with zero attached hydrogens (tertiary/aromatic N) is 1. The second-order valence-corrected chi connectivity index (χ2v) is 3.63. The van der Waals surface area contributed by atoms with Gasteiger partial charge in [-0.2, -0.15) is 0 Å². The number of phenols is 1. The minimum Gasteiger partial charge on any atom is -0.508 e. The molecule has 0 unspecified atom stereocenters. The highest BCUT2D eigenvalue weighted by atomic mass is 16.3. The van der Waals surface area contributed by atoms with Crippen molar-refractivity contribution in [2.45, 2.75) is 0 Å². The quantitative estimate of drug-likeness (QED) is 0.810. The smallest absolute Gasteiger partial charge is 0.249 e. The Labute approximate surface area is 105 Å². The van der Waals surface area contributed by atoms with Gasteiger partial charge in [-0.25, -0.2) is 4.98 Å². The molecule has 0 saturated carbocycles. The van der Waals surface area contributed by atoms with E-state index in [-0.39, 0.29) is 11.7 Å². The lowest BCUT2D eigenvalue weighted by Gasteiger charge is -1.99. The van der Waals surface area contributed by atoms with E-state index in [9.17, 15) is 4.79 Å². The molecule has 0 aliphatic carbocycles. The Bertz CT molecular complexity index is 548. The number of aromatic nitrogens is 1. The van der Waals surface area contributed by atoms with Crippen molar-refractivity contribution in [3.05, 3.63) is 60.3 Å². The monoisotopic (exact) mass is 240 g/mol. The minimum absolute atomic E-state index is 0.199. The predicted octanol–water partition coefficient (Wildman–Crippen LogP) is 2.44. The van der Waals surface area contributed by atoms with Gasteiger partial charge in [-0.05, 0) is 35.9 Å². The van der Waals surface area contributed by atoms with Crippen LogP contribution >= 0.6 is 0 Å². The number of phenolic OH excluding ortho intramolecular Hbond substituents is 1. The number of aromatic hydroxyl groups is 1. The molecule has 18 heavy (non-hydrogen) atoms. The second kappa shape index (κ2) is 5.63. The standard InChI is InChI=1S/C14H12N2O2/c17-12-7-4-11(5-8-12)6-9-14(18)16-13-3-1-2-10-15-13/h1-10,17H,(H,15,16,18)/b9-6+. The van der Waals surface area contributed by atoms with Crippen LogP contribution in [0.25, 0.3) is 6.08 Å². The number of pyridine rings is 1. The van der Waals surface area contributed by atoms with Gasteiger partial charge in [0, 0.05) is 12.3 Å². The van der Waals surface area contributed by atoms with E-state index in [4.69, 9.17) is 5.11 Å². The van der Waals surface area contributed by atoms with Crippen molar-refractivity contribution in [3.63, 3.8) is 0 Å². The van der Waals surface area contributed by atoms with E-state index in [1.54, 1.807) is 54.7 Å². The Kier molecular flexibility index (Phi) is 3.71. The molecule has 0 saturated heterocycles. The lowest BCUT2D eigenvalue weighted by atomic mass is 10.2. The Morgan fingerprint density at radius 3 is 2.61 bits per heavy atom. The van der Waals surface area contributed by atoms with Gasteiger partial charge in [-0.3, -0.25) is 4.79 Å². The van der Waals surface area contributed by atoms with Crippen molar-refractivity contribution in [3.8, 4) is 5.75 Å². The molecule has 0 atom stereocenters. The van der Waals surface area contributed by atoms with Crippen LogP contribution in [0.4, 0.5) is 5.82 Å². The van der Waals surface area contributed by atoms with Gasteiger partial charge in [-0.15, -0.1) is 0 Å². The van der Waals surface area contributed by atoms with Crippen LogP contribution in [0, 0.1) is 0 Å². The summed E-state index contributed by atoms with van der Waals surface area (Å²) in [5.41, 5.74) is 0.837. The van der Waals surface area contributed by atoms with E-state index >= 15 is 0 Å². The first-order chi connectivity index (χ1) is 8.74. The minimum atomic E-state index is -0.248. The van der Waals surface area contributed by atoms with Gasteiger partial charge in [0.15, 0.2) is 0 Å². The maximum Gasteiger partial charge on any atom is 0.249 e. The number of hydrogen-bond donors (Lipinski definition) is 2. The van der Waals surface area contributed by atoms with E-state index in [1.165, 1.54) is 6.08 Å². The molecule has 0 spiro atoms. The third-order valence-corrected chi connectivity index (χ3v) is 2.24. The van der Waals surface area contributed by atoms with Gasteiger partial charge in [0.25, 0.3) is 0 Å². The van der Waals surface area contributed by atoms with Crippen molar-refractivity contribution >= 4 is 17.8 Å². The zero-order valence-corrected chi connectivity index (χ0v) is 9.58. The third kappa shape index (κ3) is 3.45. The molecule has 0 fully saturated rings. The third-order valence-electron chi connectivity index (χ3n) is 2.24. The zero-order valence-electron chi connectivity index (χ0n) is 9.58. The number of nitrogens with one attached hydrogen (secondary N) is 1. The highest BCUT2D eigenvalue weighted by Gasteiger charge is 1.97. The first-order valence-electron chi connectivity index (χ1n) is 5.43. The molecule has 4 heteroatoms. The van der Waals surface area contributed by atoms with Crippen LogP contribution in [0.3, 0.4) is 0 Å². The van der Waals surface area contributed by atoms with Crippen molar-refractivity contribution in [2.75, 3.05) is 5.32 Å². The summed E-state index contributed by atoms with van der Waals surface area (Å²) >= 11 is 0. The molecule has 1 heterocycles. The van der Waals surface area contributed by atoms with Crippen LogP contribution in [-0.2, 0) is 4.79 Å². The summed E-state index contributed by atoms with van der Waals surface area (Å²) in [5, 5.41) is 11.8. The van der Waals surface area contributed by atoms with Crippen LogP contribution < -0.4 is 5.32 Å². The normalized spacial score (nSPS) is 10.4. The van der Waals surface area contributed by atoms with Crippen LogP contribution in [0.5, 0.6) is 5.75 Å². The topological polar surface area (TPSA) is 62.2 Å². The van der Waals surface area contributed by atoms with Gasteiger partial charge < -0.3 is 10.4 Å². The average molecular weight is 240 g/mol. The molecular weight excluding hydrogens is 228 g/mol. The Hall–Kier alpha value is -2.62. The van der Waals surface area contributed by atoms with E-state index in [0.717, 1.165) is 5.56 Å². The van der Waals surface area contributed by atoms with Crippen LogP contribution in [0.2, 0.25) is 0 Å². The number of amides is 1. The number of rotatable bonds is 3. The fraction of sp³-hybridized carbons (Fsp3) is 0. The molecular formula is C14H12N2O2. The molecule has 2 aromatic rings. The summed E-state index contributed by atoms with van der Waals surface area (Å²) in [6.07, 6.45) is 4.69. The molecule has 1 amide bonds. The molecule has 2 rings (SSSR count). The van der Waals surface area contributed by atoms with Gasteiger partial charge >= 0.3 is 0 Å². The van der Waals surface area contributed by atoms with Gasteiger partial charge in [0.05, 0.1) is 0 Å². The second-order valence-electron chi connectivity index (χ2n) is 3.63. The SMILES string of the molecule is O=C(/C=C/c1ccc(O)cc1)Nc1ccccn1. The number of carbonyl (C=O) groups is 1. The maximum absolute atomic E-state index is 11.6. The van der Waals surface area contributed by atoms with E-state index in [1.807, 2.05) is 0 Å². The zero-order chi connectivity index (χ0) is 12.8. The molecule has 0 aliphatic heterocycles. The molecule has 0 aliphatic rings. The lowest BCUT2D eigenvalue weighted by Crippen LogP contribution is -2.08. The van der Waals surface area contributed by atoms with Gasteiger partial charge in [0.2, 0.25) is 5.91 Å². The Morgan fingerprint density at radius 1 is 1.17 bits per heavy atom. The van der Waals surface area contributed by atoms with E-state index in [2.05, 4.69) is 10.3 Å². The number of anilines is 1. The summed E-state index contributed by atoms with van der Waals surface area (Å²) in [4.78, 5) is 15.6. The average Bonchev–Trinajstić information content (AvgIpc) is 2.39. The fourth-order valence-electron chi connectivity index (χ4n) is 1.36. The summed E-state index contributed by atoms with van der Waals surface area (Å²) in [7, 11) is 0. The van der Waals surface area contributed by atoms with Crippen molar-refractivity contribution in [1.82, 2.24) is 4.98 Å². The highest BCUT2D eigenvalue weighted by Crippen LogP contribution is 2.10. The predicted molar refractivity (Wildman–Crippen MR) is 70.0 cm³/mol. The molecule has 4 nitrogen and oxygen atoms in total. The molecule has 0 radical (unpaired) electrons. The van der Waals surface area contributed by atoms with Gasteiger partial charge in [-0.1, -0.05) is 18.2 Å². The fourth-order valence-corrected chi connectivity index (χ4v) is 1.36. The summed E-state index contributed by atoms with van der Waals surface area (Å²) in [6.45, 7) is 0. The van der Waals surface area contributed by atoms with Crippen molar-refractivity contribution in [2.24, 2.45) is 0 Å². The highest BCUT2D eigenvalue weighted by molar-refractivity contribution is 6.01. The first-order valence-corrected chi connectivity index (χ1v) is 5.43. The largest absolute Gasteiger partial charge is 0.508 e. The first kappa shape index (κ1) is 11.9. The number of hydrogen-bond acceptors (Lipinski definition) is 3. The van der Waals surface area contributed by atoms with E-state index < -0.39 is 0 Å². The van der Waals surface area contributed by atoms with Gasteiger partial charge in [0.1, 0.15) is 11.6 Å². The molecule has 0 bridgehead atoms. The van der Waals surface area contributed by atoms with E-state index in [0.29, 0.717) is 5.82 Å². The number of benzene rings is 1. The van der Waals surface area contributed by atoms with Crippen molar-refractivity contribution in [1.29, 1.82) is 0 Å². The maximum atomic E-state index is 11.6.